The molecule has 78 valence electrons. The average molecular weight is 194 g/mol. The summed E-state index contributed by atoms with van der Waals surface area (Å²) in [4.78, 5) is 0. The van der Waals surface area contributed by atoms with Crippen LogP contribution in [-0.4, -0.2) is 22.4 Å². The van der Waals surface area contributed by atoms with Crippen LogP contribution in [0.5, 0.6) is 0 Å². The van der Waals surface area contributed by atoms with E-state index in [9.17, 15) is 10.2 Å². The molecule has 1 saturated carbocycles. The Kier molecular flexibility index (Phi) is 2.28. The third-order valence-corrected chi connectivity index (χ3v) is 3.80. The van der Waals surface area contributed by atoms with E-state index >= 15 is 0 Å². The van der Waals surface area contributed by atoms with Crippen LogP contribution >= 0.6 is 0 Å². The maximum atomic E-state index is 9.66. The Morgan fingerprint density at radius 3 is 2.86 bits per heavy atom. The van der Waals surface area contributed by atoms with E-state index in [1.165, 1.54) is 11.1 Å². The predicted octanol–water partition coefficient (Wildman–Crippen LogP) is 1.78. The summed E-state index contributed by atoms with van der Waals surface area (Å²) in [5.74, 6) is 0. The molecule has 0 heterocycles. The van der Waals surface area contributed by atoms with E-state index < -0.39 is 12.2 Å². The molecule has 2 aliphatic rings. The summed E-state index contributed by atoms with van der Waals surface area (Å²) >= 11 is 0. The Morgan fingerprint density at radius 2 is 2.14 bits per heavy atom. The summed E-state index contributed by atoms with van der Waals surface area (Å²) in [6.07, 6.45) is 4.37. The van der Waals surface area contributed by atoms with E-state index in [0.717, 1.165) is 19.3 Å². The lowest BCUT2D eigenvalue weighted by Crippen LogP contribution is -2.40. The summed E-state index contributed by atoms with van der Waals surface area (Å²) in [6, 6.07) is 0. The van der Waals surface area contributed by atoms with E-state index in [0.29, 0.717) is 6.42 Å². The number of aliphatic hydroxyl groups is 2. The second-order valence-electron chi connectivity index (χ2n) is 4.74. The molecule has 0 aromatic carbocycles. The van der Waals surface area contributed by atoms with Gasteiger partial charge in [-0.3, -0.25) is 0 Å². The molecule has 0 bridgehead atoms. The highest BCUT2D eigenvalue weighted by Crippen LogP contribution is 2.49. The van der Waals surface area contributed by atoms with Gasteiger partial charge in [-0.15, -0.1) is 0 Å². The highest BCUT2D eigenvalue weighted by molar-refractivity contribution is 5.33. The molecule has 3 atom stereocenters. The summed E-state index contributed by atoms with van der Waals surface area (Å²) in [7, 11) is 0. The quantitative estimate of drug-likeness (QED) is 0.577. The third kappa shape index (κ3) is 1.33. The van der Waals surface area contributed by atoms with Gasteiger partial charge in [0.15, 0.2) is 0 Å². The fourth-order valence-electron chi connectivity index (χ4n) is 2.67. The van der Waals surface area contributed by atoms with E-state index in [-0.39, 0.29) is 5.41 Å². The molecule has 2 nitrogen and oxygen atoms in total. The van der Waals surface area contributed by atoms with Crippen LogP contribution < -0.4 is 0 Å². The first-order valence-electron chi connectivity index (χ1n) is 5.29. The molecule has 2 aliphatic carbocycles. The maximum absolute atomic E-state index is 9.66. The highest BCUT2D eigenvalue weighted by Gasteiger charge is 2.41. The fourth-order valence-corrected chi connectivity index (χ4v) is 2.67. The number of hydrogen-bond acceptors (Lipinski definition) is 2. The zero-order valence-electron chi connectivity index (χ0n) is 8.66. The number of allylic oxidation sites excluding steroid dienone is 2. The monoisotopic (exact) mass is 194 g/mol. The maximum Gasteiger partial charge on any atom is 0.0983 e. The van der Waals surface area contributed by atoms with Gasteiger partial charge in [0.05, 0.1) is 12.2 Å². The molecule has 1 fully saturated rings. The van der Waals surface area contributed by atoms with Gasteiger partial charge in [-0.25, -0.2) is 0 Å². The first-order valence-corrected chi connectivity index (χ1v) is 5.29. The lowest BCUT2D eigenvalue weighted by atomic mass is 9.62. The predicted molar refractivity (Wildman–Crippen MR) is 55.8 cm³/mol. The van der Waals surface area contributed by atoms with Crippen LogP contribution in [-0.2, 0) is 0 Å². The Hall–Kier alpha value is -0.600. The SMILES string of the molecule is C=C1CCCC2=CC(O)C(O)C[C@]12C. The van der Waals surface area contributed by atoms with Crippen molar-refractivity contribution in [3.8, 4) is 0 Å². The first-order chi connectivity index (χ1) is 6.54. The molecule has 0 aromatic heterocycles. The van der Waals surface area contributed by atoms with Gasteiger partial charge < -0.3 is 10.2 Å². The van der Waals surface area contributed by atoms with Gasteiger partial charge in [-0.2, -0.15) is 0 Å². The van der Waals surface area contributed by atoms with Crippen LogP contribution in [0.15, 0.2) is 23.8 Å². The van der Waals surface area contributed by atoms with Crippen molar-refractivity contribution < 1.29 is 10.2 Å². The molecule has 0 aromatic rings. The van der Waals surface area contributed by atoms with Crippen molar-refractivity contribution in [2.45, 2.75) is 44.8 Å². The van der Waals surface area contributed by atoms with Crippen molar-refractivity contribution in [1.29, 1.82) is 0 Å². The second kappa shape index (κ2) is 3.21. The van der Waals surface area contributed by atoms with E-state index in [2.05, 4.69) is 13.5 Å². The molecule has 2 unspecified atom stereocenters. The zero-order valence-corrected chi connectivity index (χ0v) is 8.66. The van der Waals surface area contributed by atoms with Gasteiger partial charge in [0, 0.05) is 5.41 Å². The number of rotatable bonds is 0. The average Bonchev–Trinajstić information content (AvgIpc) is 2.11. The molecule has 2 rings (SSSR count). The van der Waals surface area contributed by atoms with Crippen LogP contribution in [0.1, 0.15) is 32.6 Å². The Balaban J connectivity index is 2.37. The number of aliphatic hydroxyl groups excluding tert-OH is 2. The fraction of sp³-hybridized carbons (Fsp3) is 0.667. The number of fused-ring (bicyclic) bond motifs is 1. The molecular formula is C12H18O2. The van der Waals surface area contributed by atoms with Crippen molar-refractivity contribution >= 4 is 0 Å². The van der Waals surface area contributed by atoms with Crippen LogP contribution in [0.4, 0.5) is 0 Å². The number of hydrogen-bond donors (Lipinski definition) is 2. The molecule has 0 aliphatic heterocycles. The van der Waals surface area contributed by atoms with Crippen LogP contribution in [0, 0.1) is 5.41 Å². The highest BCUT2D eigenvalue weighted by atomic mass is 16.3. The van der Waals surface area contributed by atoms with Gasteiger partial charge in [0.1, 0.15) is 0 Å². The Morgan fingerprint density at radius 1 is 1.43 bits per heavy atom. The molecule has 2 heteroatoms. The zero-order chi connectivity index (χ0) is 10.3. The minimum absolute atomic E-state index is 0.0586. The molecule has 0 spiro atoms. The molecular weight excluding hydrogens is 176 g/mol. The summed E-state index contributed by atoms with van der Waals surface area (Å²) in [5.41, 5.74) is 2.42. The molecule has 0 amide bonds. The molecule has 0 radical (unpaired) electrons. The lowest BCUT2D eigenvalue weighted by Gasteiger charge is -2.44. The Bertz CT molecular complexity index is 293. The standard InChI is InChI=1S/C12H18O2/c1-8-4-3-5-9-6-10(13)11(14)7-12(8,9)2/h6,10-11,13-14H,1,3-5,7H2,2H3/t10?,11?,12-/m1/s1. The first kappa shape index (κ1) is 9.94. The lowest BCUT2D eigenvalue weighted by molar-refractivity contribution is 0.0133. The van der Waals surface area contributed by atoms with Gasteiger partial charge in [0.2, 0.25) is 0 Å². The van der Waals surface area contributed by atoms with E-state index in [4.69, 9.17) is 0 Å². The van der Waals surface area contributed by atoms with Crippen LogP contribution in [0.2, 0.25) is 0 Å². The molecule has 14 heavy (non-hydrogen) atoms. The van der Waals surface area contributed by atoms with Crippen molar-refractivity contribution in [2.24, 2.45) is 5.41 Å². The van der Waals surface area contributed by atoms with Crippen molar-refractivity contribution in [3.63, 3.8) is 0 Å². The normalized spacial score (nSPS) is 43.1. The van der Waals surface area contributed by atoms with Crippen molar-refractivity contribution in [3.05, 3.63) is 23.8 Å². The molecule has 0 saturated heterocycles. The van der Waals surface area contributed by atoms with Crippen molar-refractivity contribution in [1.82, 2.24) is 0 Å². The van der Waals surface area contributed by atoms with E-state index in [1.54, 1.807) is 0 Å². The summed E-state index contributed by atoms with van der Waals surface area (Å²) < 4.78 is 0. The van der Waals surface area contributed by atoms with Gasteiger partial charge in [-0.1, -0.05) is 30.7 Å². The smallest absolute Gasteiger partial charge is 0.0983 e. The van der Waals surface area contributed by atoms with Crippen LogP contribution in [0.3, 0.4) is 0 Å². The van der Waals surface area contributed by atoms with Gasteiger partial charge >= 0.3 is 0 Å². The minimum Gasteiger partial charge on any atom is -0.390 e. The largest absolute Gasteiger partial charge is 0.390 e. The Labute approximate surface area is 85.0 Å². The van der Waals surface area contributed by atoms with Gasteiger partial charge in [0.25, 0.3) is 0 Å². The topological polar surface area (TPSA) is 40.5 Å². The summed E-state index contributed by atoms with van der Waals surface area (Å²) in [5, 5.41) is 19.2. The second-order valence-corrected chi connectivity index (χ2v) is 4.74. The van der Waals surface area contributed by atoms with E-state index in [1.807, 2.05) is 6.08 Å². The van der Waals surface area contributed by atoms with Crippen LogP contribution in [0.25, 0.3) is 0 Å². The van der Waals surface area contributed by atoms with Gasteiger partial charge in [-0.05, 0) is 25.7 Å². The third-order valence-electron chi connectivity index (χ3n) is 3.80. The van der Waals surface area contributed by atoms with Crippen molar-refractivity contribution in [2.75, 3.05) is 0 Å². The molecule has 2 N–H and O–H groups in total. The summed E-state index contributed by atoms with van der Waals surface area (Å²) in [6.45, 7) is 6.23. The minimum atomic E-state index is -0.677.